The van der Waals surface area contributed by atoms with Crippen LogP contribution in [0.2, 0.25) is 0 Å². The number of aliphatic hydroxyl groups is 1. The average Bonchev–Trinajstić information content (AvgIpc) is 3.48. The molecular formula is C27H26N2O4S. The Balaban J connectivity index is 1.64. The second-order valence-electron chi connectivity index (χ2n) is 7.89. The summed E-state index contributed by atoms with van der Waals surface area (Å²) in [5.41, 5.74) is 1.56. The first-order valence-electron chi connectivity index (χ1n) is 11.3. The number of unbranched alkanes of at least 4 members (excludes halogenated alkanes) is 2. The number of aromatic nitrogens is 1. The van der Waals surface area contributed by atoms with Crippen LogP contribution in [0.5, 0.6) is 5.75 Å². The Morgan fingerprint density at radius 1 is 1.15 bits per heavy atom. The molecule has 3 aromatic rings. The summed E-state index contributed by atoms with van der Waals surface area (Å²) in [6, 6.07) is 15.9. The van der Waals surface area contributed by atoms with Gasteiger partial charge in [-0.2, -0.15) is 0 Å². The summed E-state index contributed by atoms with van der Waals surface area (Å²) in [7, 11) is 0. The fourth-order valence-electron chi connectivity index (χ4n) is 3.82. The zero-order valence-electron chi connectivity index (χ0n) is 18.9. The highest BCUT2D eigenvalue weighted by Gasteiger charge is 2.44. The van der Waals surface area contributed by atoms with E-state index in [9.17, 15) is 14.7 Å². The number of nitrogens with zero attached hydrogens (tertiary/aromatic N) is 2. The first-order chi connectivity index (χ1) is 16.6. The normalized spacial score (nSPS) is 16.0. The van der Waals surface area contributed by atoms with Gasteiger partial charge in [-0.3, -0.25) is 14.5 Å². The van der Waals surface area contributed by atoms with Gasteiger partial charge in [-0.1, -0.05) is 68.3 Å². The second kappa shape index (κ2) is 10.9. The predicted molar refractivity (Wildman–Crippen MR) is 134 cm³/mol. The molecule has 1 aliphatic rings. The third kappa shape index (κ3) is 5.10. The van der Waals surface area contributed by atoms with Gasteiger partial charge in [0.25, 0.3) is 5.91 Å². The van der Waals surface area contributed by atoms with Crippen molar-refractivity contribution in [3.8, 4) is 5.75 Å². The van der Waals surface area contributed by atoms with Crippen LogP contribution in [-0.4, -0.2) is 28.4 Å². The molecule has 0 aliphatic carbocycles. The van der Waals surface area contributed by atoms with Gasteiger partial charge in [-0.05, 0) is 35.8 Å². The van der Waals surface area contributed by atoms with Gasteiger partial charge < -0.3 is 9.84 Å². The van der Waals surface area contributed by atoms with E-state index in [1.54, 1.807) is 17.7 Å². The van der Waals surface area contributed by atoms with Crippen LogP contribution in [0.4, 0.5) is 5.13 Å². The summed E-state index contributed by atoms with van der Waals surface area (Å²) >= 11 is 1.27. The van der Waals surface area contributed by atoms with Gasteiger partial charge in [0.05, 0.1) is 18.2 Å². The van der Waals surface area contributed by atoms with Crippen molar-refractivity contribution < 1.29 is 19.4 Å². The van der Waals surface area contributed by atoms with Crippen molar-refractivity contribution in [1.82, 2.24) is 4.98 Å². The van der Waals surface area contributed by atoms with E-state index in [0.717, 1.165) is 30.6 Å². The van der Waals surface area contributed by atoms with Crippen molar-refractivity contribution in [2.24, 2.45) is 0 Å². The number of hydrogen-bond donors (Lipinski definition) is 1. The van der Waals surface area contributed by atoms with Gasteiger partial charge in [0.1, 0.15) is 5.75 Å². The first kappa shape index (κ1) is 23.4. The lowest BCUT2D eigenvalue weighted by Crippen LogP contribution is -2.30. The minimum Gasteiger partial charge on any atom is -0.503 e. The fraction of sp³-hybridized carbons (Fsp3) is 0.222. The SMILES string of the molecule is CCCCCOc1ccc(C2C(C(=O)C=Cc3ccccc3)=C(O)C(=O)N2c2nccs2)cc1. The minimum atomic E-state index is -0.791. The number of amides is 1. The molecule has 1 aromatic heterocycles. The van der Waals surface area contributed by atoms with Crippen LogP contribution in [0.3, 0.4) is 0 Å². The van der Waals surface area contributed by atoms with Crippen molar-refractivity contribution in [3.63, 3.8) is 0 Å². The summed E-state index contributed by atoms with van der Waals surface area (Å²) in [6.07, 6.45) is 7.86. The minimum absolute atomic E-state index is 0.0315. The molecule has 1 atom stereocenters. The maximum absolute atomic E-state index is 13.2. The van der Waals surface area contributed by atoms with E-state index < -0.39 is 23.5 Å². The Morgan fingerprint density at radius 2 is 1.91 bits per heavy atom. The molecule has 0 spiro atoms. The maximum Gasteiger partial charge on any atom is 0.296 e. The van der Waals surface area contributed by atoms with Crippen LogP contribution in [0, 0.1) is 0 Å². The van der Waals surface area contributed by atoms with Gasteiger partial charge in [0, 0.05) is 11.6 Å². The largest absolute Gasteiger partial charge is 0.503 e. The Kier molecular flexibility index (Phi) is 7.54. The van der Waals surface area contributed by atoms with Crippen molar-refractivity contribution in [3.05, 3.63) is 94.7 Å². The van der Waals surface area contributed by atoms with Gasteiger partial charge in [0.15, 0.2) is 16.7 Å². The third-order valence-electron chi connectivity index (χ3n) is 5.54. The van der Waals surface area contributed by atoms with Crippen molar-refractivity contribution in [2.45, 2.75) is 32.2 Å². The number of aliphatic hydroxyl groups excluding tert-OH is 1. The van der Waals surface area contributed by atoms with Crippen LogP contribution in [0.15, 0.2) is 83.6 Å². The molecule has 1 N–H and O–H groups in total. The van der Waals surface area contributed by atoms with Crippen LogP contribution in [-0.2, 0) is 9.59 Å². The Labute approximate surface area is 202 Å². The number of hydrogen-bond acceptors (Lipinski definition) is 6. The molecule has 0 saturated heterocycles. The Bertz CT molecular complexity index is 1190. The van der Waals surface area contributed by atoms with E-state index in [1.807, 2.05) is 54.6 Å². The van der Waals surface area contributed by atoms with Crippen LogP contribution >= 0.6 is 11.3 Å². The summed E-state index contributed by atoms with van der Waals surface area (Å²) in [5, 5.41) is 12.9. The van der Waals surface area contributed by atoms with Gasteiger partial charge in [0.2, 0.25) is 0 Å². The molecule has 2 aromatic carbocycles. The second-order valence-corrected chi connectivity index (χ2v) is 8.76. The molecule has 0 fully saturated rings. The number of carbonyl (C=O) groups is 2. The van der Waals surface area contributed by atoms with Crippen molar-refractivity contribution >= 4 is 34.2 Å². The lowest BCUT2D eigenvalue weighted by atomic mass is 9.95. The Morgan fingerprint density at radius 3 is 2.59 bits per heavy atom. The predicted octanol–water partition coefficient (Wildman–Crippen LogP) is 5.89. The maximum atomic E-state index is 13.2. The molecule has 1 amide bonds. The molecule has 0 radical (unpaired) electrons. The molecule has 34 heavy (non-hydrogen) atoms. The zero-order valence-corrected chi connectivity index (χ0v) is 19.7. The smallest absolute Gasteiger partial charge is 0.296 e. The van der Waals surface area contributed by atoms with Crippen LogP contribution in [0.25, 0.3) is 6.08 Å². The van der Waals surface area contributed by atoms with E-state index in [1.165, 1.54) is 22.3 Å². The first-order valence-corrected chi connectivity index (χ1v) is 12.1. The van der Waals surface area contributed by atoms with Gasteiger partial charge in [-0.25, -0.2) is 4.98 Å². The molecule has 1 unspecified atom stereocenters. The lowest BCUT2D eigenvalue weighted by Gasteiger charge is -2.24. The summed E-state index contributed by atoms with van der Waals surface area (Å²) in [5.74, 6) is -0.909. The molecular weight excluding hydrogens is 448 g/mol. The van der Waals surface area contributed by atoms with Crippen molar-refractivity contribution in [1.29, 1.82) is 0 Å². The van der Waals surface area contributed by atoms with E-state index in [0.29, 0.717) is 17.3 Å². The van der Waals surface area contributed by atoms with Crippen molar-refractivity contribution in [2.75, 3.05) is 11.5 Å². The Hall–Kier alpha value is -3.71. The molecule has 4 rings (SSSR count). The standard InChI is InChI=1S/C27H26N2O4S/c1-2-3-7-17-33-21-13-11-20(12-14-21)24-23(22(30)15-10-19-8-5-4-6-9-19)25(31)26(32)29(24)27-28-16-18-34-27/h4-6,8-16,18,24,31H,2-3,7,17H2,1H3. The number of ether oxygens (including phenoxy) is 1. The topological polar surface area (TPSA) is 79.7 Å². The molecule has 0 saturated carbocycles. The summed E-state index contributed by atoms with van der Waals surface area (Å²) in [4.78, 5) is 31.9. The molecule has 7 heteroatoms. The lowest BCUT2D eigenvalue weighted by molar-refractivity contribution is -0.117. The molecule has 2 heterocycles. The highest BCUT2D eigenvalue weighted by atomic mass is 32.1. The van der Waals surface area contributed by atoms with E-state index in [4.69, 9.17) is 4.74 Å². The molecule has 174 valence electrons. The molecule has 1 aliphatic heterocycles. The number of rotatable bonds is 10. The molecule has 6 nitrogen and oxygen atoms in total. The zero-order chi connectivity index (χ0) is 23.9. The summed E-state index contributed by atoms with van der Waals surface area (Å²) in [6.45, 7) is 2.78. The van der Waals surface area contributed by atoms with Gasteiger partial charge >= 0.3 is 0 Å². The number of allylic oxidation sites excluding steroid dienone is 1. The quantitative estimate of drug-likeness (QED) is 0.293. The number of ketones is 1. The highest BCUT2D eigenvalue weighted by Crippen LogP contribution is 2.42. The third-order valence-corrected chi connectivity index (χ3v) is 6.31. The van der Waals surface area contributed by atoms with Gasteiger partial charge in [-0.15, -0.1) is 11.3 Å². The molecule has 0 bridgehead atoms. The highest BCUT2D eigenvalue weighted by molar-refractivity contribution is 7.13. The number of thiazole rings is 1. The number of anilines is 1. The van der Waals surface area contributed by atoms with Crippen LogP contribution in [0.1, 0.15) is 43.4 Å². The van der Waals surface area contributed by atoms with E-state index in [2.05, 4.69) is 11.9 Å². The fourth-order valence-corrected chi connectivity index (χ4v) is 4.49. The number of carbonyl (C=O) groups excluding carboxylic acids is 2. The number of benzene rings is 2. The van der Waals surface area contributed by atoms with E-state index >= 15 is 0 Å². The summed E-state index contributed by atoms with van der Waals surface area (Å²) < 4.78 is 5.80. The average molecular weight is 475 g/mol. The van der Waals surface area contributed by atoms with Crippen LogP contribution < -0.4 is 9.64 Å². The van der Waals surface area contributed by atoms with E-state index in [-0.39, 0.29) is 5.57 Å². The monoisotopic (exact) mass is 474 g/mol.